The van der Waals surface area contributed by atoms with Crippen LogP contribution in [0.5, 0.6) is 5.75 Å². The summed E-state index contributed by atoms with van der Waals surface area (Å²) in [4.78, 5) is 13.9. The number of rotatable bonds is 4. The monoisotopic (exact) mass is 302 g/mol. The average molecular weight is 302 g/mol. The average Bonchev–Trinajstić information content (AvgIpc) is 2.53. The number of hydrogen-bond acceptors (Lipinski definition) is 4. The number of anilines is 1. The van der Waals surface area contributed by atoms with Crippen molar-refractivity contribution in [3.8, 4) is 11.8 Å². The van der Waals surface area contributed by atoms with Crippen LogP contribution in [0.25, 0.3) is 0 Å². The maximum atomic E-state index is 12.1. The molecule has 1 saturated heterocycles. The molecule has 0 radical (unpaired) electrons. The van der Waals surface area contributed by atoms with Gasteiger partial charge in [0.2, 0.25) is 0 Å². The lowest BCUT2D eigenvalue weighted by atomic mass is 10.0. The number of likely N-dealkylation sites (tertiary alicyclic amines) is 1. The molecular weight excluding hydrogens is 280 g/mol. The number of nitrogens with one attached hydrogen (secondary N) is 1. The number of nitriles is 1. The minimum Gasteiger partial charge on any atom is -0.490 e. The van der Waals surface area contributed by atoms with E-state index >= 15 is 0 Å². The molecule has 0 saturated carbocycles. The standard InChI is InChI=1S/C16H22N4O2/c1-2-19-16(21)20-9-4-3-6-12(20)11-22-15-8-5-7-14(18)13(15)10-17/h5,7-8,12H,2-4,6,9,11,18H2,1H3,(H,19,21). The van der Waals surface area contributed by atoms with Gasteiger partial charge in [-0.1, -0.05) is 6.07 Å². The van der Waals surface area contributed by atoms with E-state index in [1.165, 1.54) is 0 Å². The molecule has 2 amide bonds. The van der Waals surface area contributed by atoms with Crippen LogP contribution < -0.4 is 15.8 Å². The van der Waals surface area contributed by atoms with Crippen LogP contribution in [0, 0.1) is 11.3 Å². The number of piperidine rings is 1. The second-order valence-electron chi connectivity index (χ2n) is 5.32. The molecule has 0 aromatic heterocycles. The Bertz CT molecular complexity index is 568. The number of nitrogen functional groups attached to an aromatic ring is 1. The molecule has 3 N–H and O–H groups in total. The van der Waals surface area contributed by atoms with Gasteiger partial charge >= 0.3 is 6.03 Å². The summed E-state index contributed by atoms with van der Waals surface area (Å²) in [5.74, 6) is 0.476. The lowest BCUT2D eigenvalue weighted by Gasteiger charge is -2.35. The van der Waals surface area contributed by atoms with Gasteiger partial charge in [-0.05, 0) is 38.3 Å². The predicted molar refractivity (Wildman–Crippen MR) is 84.5 cm³/mol. The molecule has 1 aromatic carbocycles. The summed E-state index contributed by atoms with van der Waals surface area (Å²) < 4.78 is 5.78. The van der Waals surface area contributed by atoms with Crippen molar-refractivity contribution >= 4 is 11.7 Å². The van der Waals surface area contributed by atoms with Crippen molar-refractivity contribution in [3.05, 3.63) is 23.8 Å². The number of nitrogens with zero attached hydrogens (tertiary/aromatic N) is 2. The van der Waals surface area contributed by atoms with Gasteiger partial charge in [-0.25, -0.2) is 4.79 Å². The van der Waals surface area contributed by atoms with Crippen LogP contribution in [0.3, 0.4) is 0 Å². The zero-order valence-electron chi connectivity index (χ0n) is 12.8. The van der Waals surface area contributed by atoms with E-state index in [1.807, 2.05) is 11.8 Å². The zero-order chi connectivity index (χ0) is 15.9. The third-order valence-corrected chi connectivity index (χ3v) is 3.82. The van der Waals surface area contributed by atoms with Crippen molar-refractivity contribution in [3.63, 3.8) is 0 Å². The van der Waals surface area contributed by atoms with Gasteiger partial charge in [0.15, 0.2) is 0 Å². The second kappa shape index (κ2) is 7.55. The molecule has 1 unspecified atom stereocenters. The molecule has 2 rings (SSSR count). The predicted octanol–water partition coefficient (Wildman–Crippen LogP) is 2.10. The lowest BCUT2D eigenvalue weighted by Crippen LogP contribution is -2.50. The summed E-state index contributed by atoms with van der Waals surface area (Å²) in [7, 11) is 0. The second-order valence-corrected chi connectivity index (χ2v) is 5.32. The van der Waals surface area contributed by atoms with E-state index in [-0.39, 0.29) is 12.1 Å². The van der Waals surface area contributed by atoms with Crippen LogP contribution in [0.15, 0.2) is 18.2 Å². The fourth-order valence-corrected chi connectivity index (χ4v) is 2.67. The van der Waals surface area contributed by atoms with E-state index < -0.39 is 0 Å². The molecule has 1 fully saturated rings. The number of carbonyl (C=O) groups excluding carboxylic acids is 1. The summed E-state index contributed by atoms with van der Waals surface area (Å²) in [6, 6.07) is 7.19. The number of amides is 2. The number of benzene rings is 1. The van der Waals surface area contributed by atoms with E-state index in [4.69, 9.17) is 15.7 Å². The molecule has 1 aliphatic heterocycles. The van der Waals surface area contributed by atoms with Gasteiger partial charge in [0, 0.05) is 13.1 Å². The Morgan fingerprint density at radius 2 is 2.36 bits per heavy atom. The first-order valence-corrected chi connectivity index (χ1v) is 7.63. The Morgan fingerprint density at radius 3 is 3.09 bits per heavy atom. The van der Waals surface area contributed by atoms with Gasteiger partial charge < -0.3 is 20.7 Å². The van der Waals surface area contributed by atoms with E-state index in [0.29, 0.717) is 30.2 Å². The minimum atomic E-state index is -0.0520. The Morgan fingerprint density at radius 1 is 1.55 bits per heavy atom. The number of hydrogen-bond donors (Lipinski definition) is 2. The van der Waals surface area contributed by atoms with Crippen molar-refractivity contribution in [2.75, 3.05) is 25.4 Å². The topological polar surface area (TPSA) is 91.4 Å². The van der Waals surface area contributed by atoms with Gasteiger partial charge in [-0.15, -0.1) is 0 Å². The van der Waals surface area contributed by atoms with Gasteiger partial charge in [-0.3, -0.25) is 0 Å². The molecular formula is C16H22N4O2. The first-order chi connectivity index (χ1) is 10.7. The highest BCUT2D eigenvalue weighted by molar-refractivity contribution is 5.74. The van der Waals surface area contributed by atoms with Gasteiger partial charge in [-0.2, -0.15) is 5.26 Å². The molecule has 1 aromatic rings. The first-order valence-electron chi connectivity index (χ1n) is 7.63. The number of nitrogens with two attached hydrogens (primary N) is 1. The number of carbonyl (C=O) groups is 1. The molecule has 0 aliphatic carbocycles. The summed E-state index contributed by atoms with van der Waals surface area (Å²) in [6.07, 6.45) is 2.99. The largest absolute Gasteiger partial charge is 0.490 e. The summed E-state index contributed by atoms with van der Waals surface area (Å²) in [5.41, 5.74) is 6.54. The molecule has 0 spiro atoms. The molecule has 118 valence electrons. The van der Waals surface area contributed by atoms with Crippen LogP contribution in [-0.4, -0.2) is 36.7 Å². The molecule has 22 heavy (non-hydrogen) atoms. The highest BCUT2D eigenvalue weighted by atomic mass is 16.5. The van der Waals surface area contributed by atoms with E-state index in [9.17, 15) is 4.79 Å². The van der Waals surface area contributed by atoms with E-state index in [0.717, 1.165) is 25.8 Å². The normalized spacial score (nSPS) is 17.6. The Kier molecular flexibility index (Phi) is 5.48. The number of ether oxygens (including phenoxy) is 1. The van der Waals surface area contributed by atoms with Crippen molar-refractivity contribution in [1.82, 2.24) is 10.2 Å². The summed E-state index contributed by atoms with van der Waals surface area (Å²) in [5, 5.41) is 12.0. The van der Waals surface area contributed by atoms with E-state index in [2.05, 4.69) is 11.4 Å². The molecule has 0 bridgehead atoms. The van der Waals surface area contributed by atoms with Crippen LogP contribution in [0.2, 0.25) is 0 Å². The third kappa shape index (κ3) is 3.61. The fraction of sp³-hybridized carbons (Fsp3) is 0.500. The van der Waals surface area contributed by atoms with Crippen LogP contribution in [-0.2, 0) is 0 Å². The molecule has 1 heterocycles. The maximum Gasteiger partial charge on any atom is 0.317 e. The smallest absolute Gasteiger partial charge is 0.317 e. The quantitative estimate of drug-likeness (QED) is 0.833. The highest BCUT2D eigenvalue weighted by Crippen LogP contribution is 2.25. The fourth-order valence-electron chi connectivity index (χ4n) is 2.67. The van der Waals surface area contributed by atoms with Gasteiger partial charge in [0.05, 0.1) is 11.7 Å². The molecule has 1 aliphatic rings. The Balaban J connectivity index is 2.04. The minimum absolute atomic E-state index is 0.0215. The highest BCUT2D eigenvalue weighted by Gasteiger charge is 2.27. The zero-order valence-corrected chi connectivity index (χ0v) is 12.8. The van der Waals surface area contributed by atoms with Gasteiger partial charge in [0.1, 0.15) is 24.0 Å². The first kappa shape index (κ1) is 16.0. The molecule has 6 heteroatoms. The van der Waals surface area contributed by atoms with E-state index in [1.54, 1.807) is 18.2 Å². The summed E-state index contributed by atoms with van der Waals surface area (Å²) >= 11 is 0. The lowest BCUT2D eigenvalue weighted by molar-refractivity contribution is 0.116. The van der Waals surface area contributed by atoms with Crippen molar-refractivity contribution < 1.29 is 9.53 Å². The van der Waals surface area contributed by atoms with Gasteiger partial charge in [0.25, 0.3) is 0 Å². The SMILES string of the molecule is CCNC(=O)N1CCCCC1COc1cccc(N)c1C#N. The summed E-state index contributed by atoms with van der Waals surface area (Å²) in [6.45, 7) is 3.62. The molecule has 1 atom stereocenters. The van der Waals surface area contributed by atoms with Crippen molar-refractivity contribution in [1.29, 1.82) is 5.26 Å². The van der Waals surface area contributed by atoms with Crippen LogP contribution in [0.1, 0.15) is 31.7 Å². The third-order valence-electron chi connectivity index (χ3n) is 3.82. The number of urea groups is 1. The molecule has 6 nitrogen and oxygen atoms in total. The maximum absolute atomic E-state index is 12.1. The Labute approximate surface area is 130 Å². The van der Waals surface area contributed by atoms with Crippen LogP contribution in [0.4, 0.5) is 10.5 Å². The van der Waals surface area contributed by atoms with Crippen molar-refractivity contribution in [2.24, 2.45) is 0 Å². The Hall–Kier alpha value is -2.42. The van der Waals surface area contributed by atoms with Crippen molar-refractivity contribution in [2.45, 2.75) is 32.2 Å². The van der Waals surface area contributed by atoms with Crippen LogP contribution >= 0.6 is 0 Å².